The van der Waals surface area contributed by atoms with Gasteiger partial charge in [0.15, 0.2) is 5.84 Å². The summed E-state index contributed by atoms with van der Waals surface area (Å²) in [7, 11) is 0. The maximum absolute atomic E-state index is 12.2. The molecule has 0 spiro atoms. The smallest absolute Gasteiger partial charge is 0.263 e. The van der Waals surface area contributed by atoms with Gasteiger partial charge in [-0.3, -0.25) is 9.78 Å². The van der Waals surface area contributed by atoms with Gasteiger partial charge in [-0.05, 0) is 31.6 Å². The largest absolute Gasteiger partial charge is 0.409 e. The Morgan fingerprint density at radius 1 is 1.65 bits per heavy atom. The number of nitrogens with one attached hydrogen (secondary N) is 1. The molecular formula is C13H20N4O2S. The van der Waals surface area contributed by atoms with Crippen molar-refractivity contribution < 1.29 is 10.0 Å². The quantitative estimate of drug-likeness (QED) is 0.342. The van der Waals surface area contributed by atoms with Crippen molar-refractivity contribution in [1.29, 1.82) is 0 Å². The zero-order valence-electron chi connectivity index (χ0n) is 11.5. The van der Waals surface area contributed by atoms with Crippen molar-refractivity contribution in [3.63, 3.8) is 0 Å². The fraction of sp³-hybridized carbons (Fsp3) is 0.615. The minimum atomic E-state index is -0.735. The minimum Gasteiger partial charge on any atom is -0.409 e. The third-order valence-electron chi connectivity index (χ3n) is 4.14. The highest BCUT2D eigenvalue weighted by molar-refractivity contribution is 7.11. The molecule has 0 saturated heterocycles. The van der Waals surface area contributed by atoms with Gasteiger partial charge in [0.05, 0.1) is 11.7 Å². The number of carbonyl (C=O) groups excluding carboxylic acids is 1. The first-order valence-corrected chi connectivity index (χ1v) is 7.68. The van der Waals surface area contributed by atoms with Gasteiger partial charge in [0, 0.05) is 0 Å². The second-order valence-corrected chi connectivity index (χ2v) is 6.13. The lowest BCUT2D eigenvalue weighted by molar-refractivity contribution is 0.0899. The molecule has 1 saturated carbocycles. The highest BCUT2D eigenvalue weighted by Gasteiger charge is 2.40. The maximum Gasteiger partial charge on any atom is 0.263 e. The Morgan fingerprint density at radius 3 is 2.85 bits per heavy atom. The van der Waals surface area contributed by atoms with Gasteiger partial charge in [-0.2, -0.15) is 0 Å². The van der Waals surface area contributed by atoms with Crippen LogP contribution in [0.15, 0.2) is 16.9 Å². The van der Waals surface area contributed by atoms with E-state index in [1.165, 1.54) is 17.5 Å². The molecule has 0 aliphatic heterocycles. The molecule has 0 aromatic carbocycles. The lowest BCUT2D eigenvalue weighted by Crippen LogP contribution is -2.59. The second kappa shape index (κ2) is 6.21. The predicted octanol–water partition coefficient (Wildman–Crippen LogP) is 1.96. The van der Waals surface area contributed by atoms with E-state index in [0.29, 0.717) is 23.6 Å². The highest BCUT2D eigenvalue weighted by atomic mass is 32.1. The van der Waals surface area contributed by atoms with E-state index >= 15 is 0 Å². The molecule has 0 radical (unpaired) electrons. The van der Waals surface area contributed by atoms with E-state index in [-0.39, 0.29) is 11.7 Å². The average Bonchev–Trinajstić information content (AvgIpc) is 3.01. The van der Waals surface area contributed by atoms with Gasteiger partial charge in [0.1, 0.15) is 10.4 Å². The molecule has 1 aliphatic carbocycles. The number of hydrogen-bond donors (Lipinski definition) is 3. The molecule has 1 aliphatic rings. The summed E-state index contributed by atoms with van der Waals surface area (Å²) >= 11 is 1.28. The Bertz CT molecular complexity index is 479. The third-order valence-corrected chi connectivity index (χ3v) is 4.91. The topological polar surface area (TPSA) is 101 Å². The van der Waals surface area contributed by atoms with Crippen LogP contribution in [-0.4, -0.2) is 27.5 Å². The number of oxime groups is 1. The molecule has 0 atom stereocenters. The number of carbonyl (C=O) groups is 1. The van der Waals surface area contributed by atoms with Gasteiger partial charge in [0.25, 0.3) is 5.91 Å². The monoisotopic (exact) mass is 296 g/mol. The van der Waals surface area contributed by atoms with Gasteiger partial charge in [-0.15, -0.1) is 11.3 Å². The molecule has 110 valence electrons. The third kappa shape index (κ3) is 2.92. The number of thiazole rings is 1. The van der Waals surface area contributed by atoms with E-state index in [1.807, 2.05) is 0 Å². The van der Waals surface area contributed by atoms with E-state index in [9.17, 15) is 4.79 Å². The summed E-state index contributed by atoms with van der Waals surface area (Å²) in [5, 5.41) is 15.1. The Balaban J connectivity index is 2.15. The predicted molar refractivity (Wildman–Crippen MR) is 78.0 cm³/mol. The number of rotatable bonds is 4. The number of amides is 1. The number of amidine groups is 1. The first-order valence-electron chi connectivity index (χ1n) is 6.80. The van der Waals surface area contributed by atoms with Crippen molar-refractivity contribution in [2.75, 3.05) is 0 Å². The summed E-state index contributed by atoms with van der Waals surface area (Å²) in [6, 6.07) is 0. The number of nitrogens with two attached hydrogens (primary N) is 1. The molecule has 0 unspecified atom stereocenters. The van der Waals surface area contributed by atoms with Gasteiger partial charge in [-0.25, -0.2) is 0 Å². The molecule has 0 bridgehead atoms. The molecule has 7 heteroatoms. The van der Waals surface area contributed by atoms with Crippen LogP contribution in [0.5, 0.6) is 0 Å². The van der Waals surface area contributed by atoms with E-state index in [4.69, 9.17) is 10.9 Å². The fourth-order valence-corrected chi connectivity index (χ4v) is 3.24. The summed E-state index contributed by atoms with van der Waals surface area (Å²) in [4.78, 5) is 16.6. The van der Waals surface area contributed by atoms with Crippen molar-refractivity contribution in [1.82, 2.24) is 10.3 Å². The number of nitrogens with zero attached hydrogens (tertiary/aromatic N) is 2. The first-order chi connectivity index (χ1) is 9.61. The van der Waals surface area contributed by atoms with Crippen LogP contribution in [0.1, 0.15) is 48.7 Å². The van der Waals surface area contributed by atoms with Crippen LogP contribution < -0.4 is 11.1 Å². The van der Waals surface area contributed by atoms with Gasteiger partial charge in [-0.1, -0.05) is 18.5 Å². The Hall–Kier alpha value is -1.63. The van der Waals surface area contributed by atoms with Crippen LogP contribution in [0, 0.1) is 5.92 Å². The summed E-state index contributed by atoms with van der Waals surface area (Å²) in [5.74, 6) is 0.522. The molecule has 1 aromatic rings. The standard InChI is InChI=1S/C13H20N4O2S/c1-2-9-3-5-13(6-4-9,12(14)17-19)16-11(18)10-7-15-8-20-10/h7-9,19H,2-6H2,1H3,(H2,14,17)(H,16,18). The molecule has 1 fully saturated rings. The van der Waals surface area contributed by atoms with Crippen molar-refractivity contribution in [2.45, 2.75) is 44.6 Å². The number of aromatic nitrogens is 1. The molecular weight excluding hydrogens is 276 g/mol. The first kappa shape index (κ1) is 14.8. The maximum atomic E-state index is 12.2. The molecule has 6 nitrogen and oxygen atoms in total. The fourth-order valence-electron chi connectivity index (χ4n) is 2.73. The summed E-state index contributed by atoms with van der Waals surface area (Å²) in [6.45, 7) is 2.16. The van der Waals surface area contributed by atoms with Crippen LogP contribution in [0.4, 0.5) is 0 Å². The molecule has 1 aromatic heterocycles. The summed E-state index contributed by atoms with van der Waals surface area (Å²) in [6.07, 6.45) is 5.98. The molecule has 1 amide bonds. The van der Waals surface area contributed by atoms with Crippen LogP contribution in [0.3, 0.4) is 0 Å². The van der Waals surface area contributed by atoms with Crippen molar-refractivity contribution in [3.8, 4) is 0 Å². The van der Waals surface area contributed by atoms with Crippen LogP contribution in [-0.2, 0) is 0 Å². The normalized spacial score (nSPS) is 27.2. The van der Waals surface area contributed by atoms with Crippen LogP contribution in [0.2, 0.25) is 0 Å². The Morgan fingerprint density at radius 2 is 2.35 bits per heavy atom. The van der Waals surface area contributed by atoms with Crippen LogP contribution >= 0.6 is 11.3 Å². The number of hydrogen-bond acceptors (Lipinski definition) is 5. The average molecular weight is 296 g/mol. The van der Waals surface area contributed by atoms with E-state index in [0.717, 1.165) is 19.3 Å². The second-order valence-electron chi connectivity index (χ2n) is 5.24. The zero-order chi connectivity index (χ0) is 14.6. The zero-order valence-corrected chi connectivity index (χ0v) is 12.3. The van der Waals surface area contributed by atoms with Gasteiger partial charge in [0.2, 0.25) is 0 Å². The molecule has 1 heterocycles. The summed E-state index contributed by atoms with van der Waals surface area (Å²) in [5.41, 5.74) is 6.72. The van der Waals surface area contributed by atoms with E-state index in [2.05, 4.69) is 22.4 Å². The minimum absolute atomic E-state index is 0.0879. The lowest BCUT2D eigenvalue weighted by Gasteiger charge is -2.39. The molecule has 4 N–H and O–H groups in total. The van der Waals surface area contributed by atoms with Gasteiger partial charge >= 0.3 is 0 Å². The highest BCUT2D eigenvalue weighted by Crippen LogP contribution is 2.34. The van der Waals surface area contributed by atoms with E-state index in [1.54, 1.807) is 5.51 Å². The van der Waals surface area contributed by atoms with Crippen molar-refractivity contribution >= 4 is 23.1 Å². The van der Waals surface area contributed by atoms with Crippen molar-refractivity contribution in [3.05, 3.63) is 16.6 Å². The molecule has 20 heavy (non-hydrogen) atoms. The van der Waals surface area contributed by atoms with E-state index < -0.39 is 5.54 Å². The molecule has 2 rings (SSSR count). The van der Waals surface area contributed by atoms with Crippen molar-refractivity contribution in [2.24, 2.45) is 16.8 Å². The summed E-state index contributed by atoms with van der Waals surface area (Å²) < 4.78 is 0. The van der Waals surface area contributed by atoms with Crippen LogP contribution in [0.25, 0.3) is 0 Å². The Kier molecular flexibility index (Phi) is 4.59. The Labute approximate surface area is 122 Å². The lowest BCUT2D eigenvalue weighted by atomic mass is 9.75. The SMILES string of the molecule is CCC1CCC(NC(=O)c2cncs2)(C(N)=NO)CC1. The van der Waals surface area contributed by atoms with Gasteiger partial charge < -0.3 is 16.3 Å².